The molecule has 0 saturated carbocycles. The number of nitrogens with one attached hydrogen (secondary N) is 2. The number of hydrogen-bond donors (Lipinski definition) is 2. The maximum atomic E-state index is 12.2. The fourth-order valence-corrected chi connectivity index (χ4v) is 3.27. The van der Waals surface area contributed by atoms with E-state index >= 15 is 0 Å². The number of benzene rings is 2. The van der Waals surface area contributed by atoms with Gasteiger partial charge >= 0.3 is 0 Å². The van der Waals surface area contributed by atoms with Gasteiger partial charge in [0.1, 0.15) is 13.2 Å². The summed E-state index contributed by atoms with van der Waals surface area (Å²) in [6.07, 6.45) is 2.53. The Morgan fingerprint density at radius 1 is 0.923 bits per heavy atom. The second kappa shape index (κ2) is 7.56. The van der Waals surface area contributed by atoms with Gasteiger partial charge in [-0.15, -0.1) is 0 Å². The van der Waals surface area contributed by atoms with E-state index in [0.717, 1.165) is 18.8 Å². The summed E-state index contributed by atoms with van der Waals surface area (Å²) in [7, 11) is 0. The monoisotopic (exact) mass is 353 g/mol. The molecule has 0 unspecified atom stereocenters. The van der Waals surface area contributed by atoms with Gasteiger partial charge in [-0.05, 0) is 49.2 Å². The highest BCUT2D eigenvalue weighted by Gasteiger charge is 2.13. The van der Waals surface area contributed by atoms with Gasteiger partial charge in [0.05, 0.1) is 6.54 Å². The second-order valence-corrected chi connectivity index (χ2v) is 6.50. The van der Waals surface area contributed by atoms with Crippen molar-refractivity contribution >= 4 is 23.0 Å². The predicted molar refractivity (Wildman–Crippen MR) is 102 cm³/mol. The number of nitrogens with zero attached hydrogens (tertiary/aromatic N) is 1. The highest BCUT2D eigenvalue weighted by Crippen LogP contribution is 2.32. The third kappa shape index (κ3) is 3.85. The standard InChI is InChI=1S/C20H23N3O3/c24-20(22-16-5-8-18-19(13-16)26-12-11-25-18)14-21-15-3-6-17(7-4-15)23-9-1-2-10-23/h3-8,13,21H,1-2,9-12,14H2,(H,22,24). The quantitative estimate of drug-likeness (QED) is 0.865. The number of fused-ring (bicyclic) bond motifs is 1. The number of hydrogen-bond acceptors (Lipinski definition) is 5. The Morgan fingerprint density at radius 3 is 2.38 bits per heavy atom. The topological polar surface area (TPSA) is 62.8 Å². The molecule has 0 atom stereocenters. The van der Waals surface area contributed by atoms with E-state index in [9.17, 15) is 4.79 Å². The van der Waals surface area contributed by atoms with E-state index in [0.29, 0.717) is 30.4 Å². The van der Waals surface area contributed by atoms with Gasteiger partial charge in [0.15, 0.2) is 11.5 Å². The van der Waals surface area contributed by atoms with Crippen molar-refractivity contribution in [3.63, 3.8) is 0 Å². The van der Waals surface area contributed by atoms with Gasteiger partial charge in [0.25, 0.3) is 0 Å². The van der Waals surface area contributed by atoms with E-state index in [4.69, 9.17) is 9.47 Å². The lowest BCUT2D eigenvalue weighted by atomic mass is 10.2. The zero-order valence-corrected chi connectivity index (χ0v) is 14.7. The third-order valence-corrected chi connectivity index (χ3v) is 4.62. The molecular formula is C20H23N3O3. The smallest absolute Gasteiger partial charge is 0.243 e. The van der Waals surface area contributed by atoms with Crippen LogP contribution in [-0.2, 0) is 4.79 Å². The molecule has 2 aromatic carbocycles. The Kier molecular flexibility index (Phi) is 4.82. The fraction of sp³-hybridized carbons (Fsp3) is 0.350. The summed E-state index contributed by atoms with van der Waals surface area (Å²) in [6, 6.07) is 13.7. The molecule has 0 aromatic heterocycles. The molecule has 26 heavy (non-hydrogen) atoms. The first-order valence-electron chi connectivity index (χ1n) is 9.06. The Bertz CT molecular complexity index is 770. The molecule has 6 nitrogen and oxygen atoms in total. The summed E-state index contributed by atoms with van der Waals surface area (Å²) < 4.78 is 11.0. The van der Waals surface area contributed by atoms with Crippen molar-refractivity contribution in [2.45, 2.75) is 12.8 Å². The number of carbonyl (C=O) groups is 1. The SMILES string of the molecule is O=C(CNc1ccc(N2CCCC2)cc1)Nc1ccc2c(c1)OCCO2. The molecule has 1 saturated heterocycles. The number of ether oxygens (including phenoxy) is 2. The summed E-state index contributed by atoms with van der Waals surface area (Å²) in [6.45, 7) is 3.55. The first-order valence-corrected chi connectivity index (χ1v) is 9.06. The molecule has 2 heterocycles. The zero-order chi connectivity index (χ0) is 17.8. The largest absolute Gasteiger partial charge is 0.486 e. The first-order chi connectivity index (χ1) is 12.8. The van der Waals surface area contributed by atoms with Crippen LogP contribution in [0.1, 0.15) is 12.8 Å². The van der Waals surface area contributed by atoms with Crippen molar-refractivity contribution in [2.75, 3.05) is 48.4 Å². The van der Waals surface area contributed by atoms with Crippen LogP contribution in [0.5, 0.6) is 11.5 Å². The van der Waals surface area contributed by atoms with Gasteiger partial charge in [-0.3, -0.25) is 4.79 Å². The molecule has 0 radical (unpaired) electrons. The van der Waals surface area contributed by atoms with Crippen molar-refractivity contribution in [3.05, 3.63) is 42.5 Å². The Hall–Kier alpha value is -2.89. The average Bonchev–Trinajstić information content (AvgIpc) is 3.21. The maximum Gasteiger partial charge on any atom is 0.243 e. The molecule has 136 valence electrons. The van der Waals surface area contributed by atoms with Crippen molar-refractivity contribution in [3.8, 4) is 11.5 Å². The highest BCUT2D eigenvalue weighted by atomic mass is 16.6. The van der Waals surface area contributed by atoms with E-state index in [1.54, 1.807) is 6.07 Å². The minimum absolute atomic E-state index is 0.106. The van der Waals surface area contributed by atoms with Crippen molar-refractivity contribution < 1.29 is 14.3 Å². The Morgan fingerprint density at radius 2 is 1.62 bits per heavy atom. The third-order valence-electron chi connectivity index (χ3n) is 4.62. The summed E-state index contributed by atoms with van der Waals surface area (Å²) >= 11 is 0. The van der Waals surface area contributed by atoms with Crippen LogP contribution in [-0.4, -0.2) is 38.8 Å². The molecule has 1 fully saturated rings. The highest BCUT2D eigenvalue weighted by molar-refractivity contribution is 5.94. The molecule has 0 bridgehead atoms. The lowest BCUT2D eigenvalue weighted by molar-refractivity contribution is -0.114. The normalized spacial score (nSPS) is 15.6. The van der Waals surface area contributed by atoms with Gasteiger partial charge in [-0.25, -0.2) is 0 Å². The number of carbonyl (C=O) groups excluding carboxylic acids is 1. The van der Waals surface area contributed by atoms with E-state index in [-0.39, 0.29) is 12.5 Å². The first kappa shape index (κ1) is 16.6. The Balaban J connectivity index is 1.29. The summed E-state index contributed by atoms with van der Waals surface area (Å²) in [5, 5.41) is 6.03. The summed E-state index contributed by atoms with van der Waals surface area (Å²) in [5.41, 5.74) is 2.88. The van der Waals surface area contributed by atoms with Crippen LogP contribution in [0, 0.1) is 0 Å². The summed E-state index contributed by atoms with van der Waals surface area (Å²) in [4.78, 5) is 14.6. The summed E-state index contributed by atoms with van der Waals surface area (Å²) in [5.74, 6) is 1.27. The van der Waals surface area contributed by atoms with E-state index < -0.39 is 0 Å². The average molecular weight is 353 g/mol. The van der Waals surface area contributed by atoms with Crippen molar-refractivity contribution in [2.24, 2.45) is 0 Å². The fourth-order valence-electron chi connectivity index (χ4n) is 3.27. The van der Waals surface area contributed by atoms with Crippen LogP contribution in [0.4, 0.5) is 17.1 Å². The van der Waals surface area contributed by atoms with Crippen LogP contribution >= 0.6 is 0 Å². The van der Waals surface area contributed by atoms with E-state index in [1.807, 2.05) is 24.3 Å². The minimum atomic E-state index is -0.106. The lowest BCUT2D eigenvalue weighted by Gasteiger charge is -2.19. The second-order valence-electron chi connectivity index (χ2n) is 6.50. The van der Waals surface area contributed by atoms with Crippen LogP contribution < -0.4 is 25.0 Å². The Labute approximate surface area is 153 Å². The molecule has 4 rings (SSSR count). The van der Waals surface area contributed by atoms with Gasteiger partial charge in [0, 0.05) is 36.2 Å². The lowest BCUT2D eigenvalue weighted by Crippen LogP contribution is -2.22. The molecule has 2 aliphatic heterocycles. The zero-order valence-electron chi connectivity index (χ0n) is 14.7. The van der Waals surface area contributed by atoms with Gasteiger partial charge in [0.2, 0.25) is 5.91 Å². The maximum absolute atomic E-state index is 12.2. The van der Waals surface area contributed by atoms with Gasteiger partial charge in [-0.1, -0.05) is 0 Å². The molecular weight excluding hydrogens is 330 g/mol. The molecule has 2 N–H and O–H groups in total. The molecule has 6 heteroatoms. The van der Waals surface area contributed by atoms with Crippen LogP contribution in [0.15, 0.2) is 42.5 Å². The van der Waals surface area contributed by atoms with Gasteiger partial charge in [-0.2, -0.15) is 0 Å². The van der Waals surface area contributed by atoms with E-state index in [1.165, 1.54) is 18.5 Å². The van der Waals surface area contributed by atoms with Crippen LogP contribution in [0.2, 0.25) is 0 Å². The predicted octanol–water partition coefficient (Wildman–Crippen LogP) is 3.11. The minimum Gasteiger partial charge on any atom is -0.486 e. The molecule has 0 aliphatic carbocycles. The molecule has 0 spiro atoms. The molecule has 2 aliphatic rings. The molecule has 1 amide bonds. The number of rotatable bonds is 5. The number of anilines is 3. The van der Waals surface area contributed by atoms with Crippen molar-refractivity contribution in [1.82, 2.24) is 0 Å². The van der Waals surface area contributed by atoms with E-state index in [2.05, 4.69) is 27.7 Å². The molecule has 2 aromatic rings. The van der Waals surface area contributed by atoms with Crippen molar-refractivity contribution in [1.29, 1.82) is 0 Å². The van der Waals surface area contributed by atoms with Crippen LogP contribution in [0.3, 0.4) is 0 Å². The van der Waals surface area contributed by atoms with Gasteiger partial charge < -0.3 is 25.0 Å². The number of amides is 1. The van der Waals surface area contributed by atoms with Crippen LogP contribution in [0.25, 0.3) is 0 Å².